The van der Waals surface area contributed by atoms with Crippen molar-refractivity contribution >= 4 is 28.4 Å². The molecule has 4 aromatic rings. The van der Waals surface area contributed by atoms with Gasteiger partial charge in [-0.05, 0) is 35.9 Å². The first-order valence-corrected chi connectivity index (χ1v) is 9.22. The van der Waals surface area contributed by atoms with Gasteiger partial charge in [-0.2, -0.15) is 18.3 Å². The molecule has 1 amide bonds. The van der Waals surface area contributed by atoms with Crippen LogP contribution in [0.4, 0.5) is 24.7 Å². The molecule has 2 heterocycles. The lowest BCUT2D eigenvalue weighted by atomic mass is 10.1. The fourth-order valence-electron chi connectivity index (χ4n) is 3.25. The van der Waals surface area contributed by atoms with Crippen LogP contribution >= 0.6 is 0 Å². The van der Waals surface area contributed by atoms with Gasteiger partial charge in [-0.1, -0.05) is 18.2 Å². The van der Waals surface area contributed by atoms with Crippen molar-refractivity contribution in [1.29, 1.82) is 0 Å². The van der Waals surface area contributed by atoms with Gasteiger partial charge >= 0.3 is 6.18 Å². The third-order valence-electron chi connectivity index (χ3n) is 4.76. The minimum absolute atomic E-state index is 0.0747. The van der Waals surface area contributed by atoms with E-state index in [1.807, 2.05) is 0 Å². The average molecular weight is 426 g/mol. The fourth-order valence-corrected chi connectivity index (χ4v) is 3.25. The maximum Gasteiger partial charge on any atom is 0.416 e. The lowest BCUT2D eigenvalue weighted by molar-refractivity contribution is -0.137. The number of nitrogen functional groups attached to an aromatic ring is 1. The molecule has 4 rings (SSSR count). The number of hydrogen-bond donors (Lipinski definition) is 2. The maximum absolute atomic E-state index is 12.9. The largest absolute Gasteiger partial charge is 0.416 e. The van der Waals surface area contributed by atoms with Crippen molar-refractivity contribution in [3.8, 4) is 0 Å². The number of carbonyl (C=O) groups excluding carboxylic acids is 1. The van der Waals surface area contributed by atoms with E-state index in [0.29, 0.717) is 29.0 Å². The Kier molecular flexibility index (Phi) is 5.05. The summed E-state index contributed by atoms with van der Waals surface area (Å²) in [7, 11) is 1.77. The molecule has 0 aliphatic carbocycles. The zero-order chi connectivity index (χ0) is 22.2. The van der Waals surface area contributed by atoms with E-state index in [1.165, 1.54) is 18.5 Å². The lowest BCUT2D eigenvalue weighted by Crippen LogP contribution is -2.14. The Morgan fingerprint density at radius 1 is 1.13 bits per heavy atom. The number of nitrogens with zero attached hydrogens (tertiary/aromatic N) is 4. The van der Waals surface area contributed by atoms with Crippen LogP contribution in [0.2, 0.25) is 0 Å². The predicted molar refractivity (Wildman–Crippen MR) is 109 cm³/mol. The van der Waals surface area contributed by atoms with Gasteiger partial charge in [0.1, 0.15) is 12.1 Å². The number of hydrogen-bond acceptors (Lipinski definition) is 5. The Morgan fingerprint density at radius 2 is 1.87 bits per heavy atom. The third-order valence-corrected chi connectivity index (χ3v) is 4.76. The molecular formula is C21H17F3N6O. The zero-order valence-electron chi connectivity index (χ0n) is 16.3. The molecule has 0 saturated heterocycles. The van der Waals surface area contributed by atoms with Crippen LogP contribution in [0.5, 0.6) is 0 Å². The molecule has 2 aromatic carbocycles. The van der Waals surface area contributed by atoms with E-state index >= 15 is 0 Å². The predicted octanol–water partition coefficient (Wildman–Crippen LogP) is 3.81. The topological polar surface area (TPSA) is 98.7 Å². The quantitative estimate of drug-likeness (QED) is 0.517. The highest BCUT2D eigenvalue weighted by Gasteiger charge is 2.30. The summed E-state index contributed by atoms with van der Waals surface area (Å²) in [6.45, 7) is 0. The van der Waals surface area contributed by atoms with Crippen molar-refractivity contribution in [2.24, 2.45) is 7.05 Å². The van der Waals surface area contributed by atoms with Crippen molar-refractivity contribution in [1.82, 2.24) is 19.7 Å². The van der Waals surface area contributed by atoms with Crippen LogP contribution < -0.4 is 11.1 Å². The Hall–Kier alpha value is -3.95. The molecule has 0 saturated carbocycles. The van der Waals surface area contributed by atoms with Crippen molar-refractivity contribution in [3.63, 3.8) is 0 Å². The van der Waals surface area contributed by atoms with Gasteiger partial charge in [-0.3, -0.25) is 9.48 Å². The highest BCUT2D eigenvalue weighted by molar-refractivity contribution is 6.04. The van der Waals surface area contributed by atoms with Crippen LogP contribution in [-0.2, 0) is 19.6 Å². The van der Waals surface area contributed by atoms with Crippen LogP contribution in [0.25, 0.3) is 11.0 Å². The highest BCUT2D eigenvalue weighted by Crippen LogP contribution is 2.30. The van der Waals surface area contributed by atoms with Crippen LogP contribution in [0, 0.1) is 0 Å². The molecule has 31 heavy (non-hydrogen) atoms. The number of fused-ring (bicyclic) bond motifs is 1. The Labute approximate surface area is 174 Å². The second kappa shape index (κ2) is 7.71. The van der Waals surface area contributed by atoms with E-state index < -0.39 is 17.6 Å². The number of amides is 1. The fraction of sp³-hybridized carbons (Fsp3) is 0.143. The van der Waals surface area contributed by atoms with Crippen molar-refractivity contribution in [2.75, 3.05) is 11.1 Å². The van der Waals surface area contributed by atoms with E-state index in [1.54, 1.807) is 36.0 Å². The number of halogens is 3. The first kappa shape index (κ1) is 20.3. The van der Waals surface area contributed by atoms with Crippen LogP contribution in [0.3, 0.4) is 0 Å². The highest BCUT2D eigenvalue weighted by atomic mass is 19.4. The minimum Gasteiger partial charge on any atom is -0.383 e. The van der Waals surface area contributed by atoms with E-state index in [0.717, 1.165) is 23.4 Å². The lowest BCUT2D eigenvalue weighted by Gasteiger charge is -2.10. The van der Waals surface area contributed by atoms with E-state index in [4.69, 9.17) is 5.73 Å². The van der Waals surface area contributed by atoms with Crippen molar-refractivity contribution < 1.29 is 18.0 Å². The second-order valence-electron chi connectivity index (χ2n) is 6.93. The molecule has 7 nitrogen and oxygen atoms in total. The minimum atomic E-state index is -4.51. The second-order valence-corrected chi connectivity index (χ2v) is 6.93. The summed E-state index contributed by atoms with van der Waals surface area (Å²) < 4.78 is 40.2. The SMILES string of the molecule is Cn1nc(Cc2ccc(NC(=O)c3cccc(C(F)(F)F)c3)cc2)c2c(N)ncnc21. The average Bonchev–Trinajstić information content (AvgIpc) is 3.05. The number of anilines is 2. The van der Waals surface area contributed by atoms with Crippen molar-refractivity contribution in [2.45, 2.75) is 12.6 Å². The molecule has 0 fully saturated rings. The van der Waals surface area contributed by atoms with Crippen molar-refractivity contribution in [3.05, 3.63) is 77.2 Å². The van der Waals surface area contributed by atoms with Crippen LogP contribution in [0.15, 0.2) is 54.9 Å². The van der Waals surface area contributed by atoms with Gasteiger partial charge in [0.25, 0.3) is 5.91 Å². The number of alkyl halides is 3. The summed E-state index contributed by atoms with van der Waals surface area (Å²) in [6, 6.07) is 11.2. The third kappa shape index (κ3) is 4.18. The van der Waals surface area contributed by atoms with Crippen LogP contribution in [-0.4, -0.2) is 25.7 Å². The molecule has 0 unspecified atom stereocenters. The Balaban J connectivity index is 1.50. The number of rotatable bonds is 4. The number of aryl methyl sites for hydroxylation is 1. The molecule has 158 valence electrons. The van der Waals surface area contributed by atoms with E-state index in [-0.39, 0.29) is 5.56 Å². The smallest absolute Gasteiger partial charge is 0.383 e. The van der Waals surface area contributed by atoms with Gasteiger partial charge in [-0.25, -0.2) is 9.97 Å². The normalized spacial score (nSPS) is 11.6. The molecule has 2 aromatic heterocycles. The molecule has 0 bridgehead atoms. The van der Waals surface area contributed by atoms with Gasteiger partial charge in [0, 0.05) is 24.7 Å². The first-order valence-electron chi connectivity index (χ1n) is 9.22. The molecule has 0 aliphatic heterocycles. The number of nitrogens with two attached hydrogens (primary N) is 1. The number of nitrogens with one attached hydrogen (secondary N) is 1. The monoisotopic (exact) mass is 426 g/mol. The number of carbonyl (C=O) groups is 1. The van der Waals surface area contributed by atoms with Gasteiger partial charge in [0.15, 0.2) is 5.65 Å². The Morgan fingerprint density at radius 3 is 2.58 bits per heavy atom. The van der Waals surface area contributed by atoms with Gasteiger partial charge in [0.05, 0.1) is 16.6 Å². The molecule has 0 spiro atoms. The molecule has 0 atom stereocenters. The standard InChI is InChI=1S/C21H17F3N6O/c1-30-19-17(18(25)26-11-27-19)16(29-30)9-12-5-7-15(8-6-12)28-20(31)13-3-2-4-14(10-13)21(22,23)24/h2-8,10-11H,9H2,1H3,(H,28,31)(H2,25,26,27). The molecular weight excluding hydrogens is 409 g/mol. The summed E-state index contributed by atoms with van der Waals surface area (Å²) in [6.07, 6.45) is -2.66. The number of benzene rings is 2. The summed E-state index contributed by atoms with van der Waals surface area (Å²) in [5.74, 6) is -0.280. The van der Waals surface area contributed by atoms with Crippen LogP contribution in [0.1, 0.15) is 27.2 Å². The molecule has 3 N–H and O–H groups in total. The molecule has 0 radical (unpaired) electrons. The Bertz CT molecular complexity index is 1260. The summed E-state index contributed by atoms with van der Waals surface area (Å²) in [5.41, 5.74) is 7.74. The molecule has 0 aliphatic rings. The van der Waals surface area contributed by atoms with Gasteiger partial charge in [0.2, 0.25) is 0 Å². The first-order chi connectivity index (χ1) is 14.7. The zero-order valence-corrected chi connectivity index (χ0v) is 16.3. The maximum atomic E-state index is 12.9. The number of aromatic nitrogens is 4. The summed E-state index contributed by atoms with van der Waals surface area (Å²) in [5, 5.41) is 7.75. The van der Waals surface area contributed by atoms with Gasteiger partial charge < -0.3 is 11.1 Å². The summed E-state index contributed by atoms with van der Waals surface area (Å²) >= 11 is 0. The van der Waals surface area contributed by atoms with E-state index in [2.05, 4.69) is 20.4 Å². The van der Waals surface area contributed by atoms with Gasteiger partial charge in [-0.15, -0.1) is 0 Å². The van der Waals surface area contributed by atoms with E-state index in [9.17, 15) is 18.0 Å². The summed E-state index contributed by atoms with van der Waals surface area (Å²) in [4.78, 5) is 20.5. The molecule has 10 heteroatoms.